The number of carboxylic acid groups (broad SMARTS) is 1. The quantitative estimate of drug-likeness (QED) is 0.559. The predicted molar refractivity (Wildman–Crippen MR) is 76.9 cm³/mol. The maximum absolute atomic E-state index is 11.5. The first-order valence-corrected chi connectivity index (χ1v) is 6.83. The van der Waals surface area contributed by atoms with E-state index in [1.165, 1.54) is 12.1 Å². The molecule has 0 bridgehead atoms. The first kappa shape index (κ1) is 15.0. The van der Waals surface area contributed by atoms with Gasteiger partial charge >= 0.3 is 11.7 Å². The summed E-state index contributed by atoms with van der Waals surface area (Å²) < 4.78 is 0. The van der Waals surface area contributed by atoms with Gasteiger partial charge in [-0.05, 0) is 18.9 Å². The molecule has 0 radical (unpaired) electrons. The third-order valence-corrected chi connectivity index (χ3v) is 3.97. The largest absolute Gasteiger partial charge is 0.481 e. The van der Waals surface area contributed by atoms with E-state index in [9.17, 15) is 20.0 Å². The number of rotatable bonds is 5. The van der Waals surface area contributed by atoms with Crippen LogP contribution in [0.5, 0.6) is 0 Å². The second kappa shape index (κ2) is 5.94. The number of aromatic nitrogens is 1. The standard InChI is InChI=1S/C13H18N4O4/c14-11-9(17(20)21)4-5-10(16-11)15-8-13(12(18)19)6-2-1-3-7-13/h4-5H,1-3,6-8H2,(H,18,19)(H3,14,15,16). The molecular weight excluding hydrogens is 276 g/mol. The molecule has 1 aliphatic rings. The smallest absolute Gasteiger partial charge is 0.311 e. The van der Waals surface area contributed by atoms with Crippen LogP contribution in [0, 0.1) is 15.5 Å². The van der Waals surface area contributed by atoms with Gasteiger partial charge in [-0.1, -0.05) is 19.3 Å². The summed E-state index contributed by atoms with van der Waals surface area (Å²) in [6, 6.07) is 2.70. The van der Waals surface area contributed by atoms with E-state index in [1.807, 2.05) is 0 Å². The van der Waals surface area contributed by atoms with Gasteiger partial charge in [-0.2, -0.15) is 0 Å². The van der Waals surface area contributed by atoms with E-state index in [-0.39, 0.29) is 18.1 Å². The maximum atomic E-state index is 11.5. The third-order valence-electron chi connectivity index (χ3n) is 3.97. The number of nitrogen functional groups attached to an aromatic ring is 1. The molecule has 0 spiro atoms. The van der Waals surface area contributed by atoms with E-state index in [0.717, 1.165) is 19.3 Å². The number of hydrogen-bond acceptors (Lipinski definition) is 6. The van der Waals surface area contributed by atoms with Gasteiger partial charge in [0.1, 0.15) is 5.82 Å². The van der Waals surface area contributed by atoms with Crippen LogP contribution in [0.25, 0.3) is 0 Å². The number of hydrogen-bond donors (Lipinski definition) is 3. The minimum Gasteiger partial charge on any atom is -0.481 e. The fraction of sp³-hybridized carbons (Fsp3) is 0.538. The van der Waals surface area contributed by atoms with Crippen molar-refractivity contribution in [2.75, 3.05) is 17.6 Å². The van der Waals surface area contributed by atoms with Gasteiger partial charge in [-0.3, -0.25) is 14.9 Å². The Morgan fingerprint density at radius 1 is 1.43 bits per heavy atom. The molecule has 1 aromatic heterocycles. The molecule has 1 aromatic rings. The van der Waals surface area contributed by atoms with Crippen molar-refractivity contribution in [3.63, 3.8) is 0 Å². The molecule has 21 heavy (non-hydrogen) atoms. The van der Waals surface area contributed by atoms with E-state index in [0.29, 0.717) is 18.7 Å². The fourth-order valence-electron chi connectivity index (χ4n) is 2.67. The zero-order chi connectivity index (χ0) is 15.5. The van der Waals surface area contributed by atoms with Crippen molar-refractivity contribution in [1.29, 1.82) is 0 Å². The van der Waals surface area contributed by atoms with Gasteiger partial charge in [0.25, 0.3) is 0 Å². The predicted octanol–water partition coefficient (Wildman–Crippen LogP) is 2.02. The zero-order valence-corrected chi connectivity index (χ0v) is 11.5. The average Bonchev–Trinajstić information content (AvgIpc) is 2.45. The van der Waals surface area contributed by atoms with Gasteiger partial charge in [0.05, 0.1) is 10.3 Å². The van der Waals surface area contributed by atoms with Gasteiger partial charge < -0.3 is 16.2 Å². The number of nitrogens with zero attached hydrogens (tertiary/aromatic N) is 2. The summed E-state index contributed by atoms with van der Waals surface area (Å²) in [6.45, 7) is 0.243. The van der Waals surface area contributed by atoms with Crippen LogP contribution in [-0.2, 0) is 4.79 Å². The van der Waals surface area contributed by atoms with Gasteiger partial charge in [0.2, 0.25) is 5.82 Å². The van der Waals surface area contributed by atoms with E-state index in [4.69, 9.17) is 5.73 Å². The molecule has 0 aliphatic heterocycles. The van der Waals surface area contributed by atoms with E-state index < -0.39 is 16.3 Å². The lowest BCUT2D eigenvalue weighted by Crippen LogP contribution is -2.39. The Kier molecular flexibility index (Phi) is 4.25. The van der Waals surface area contributed by atoms with Crippen molar-refractivity contribution >= 4 is 23.3 Å². The van der Waals surface area contributed by atoms with Crippen LogP contribution < -0.4 is 11.1 Å². The molecule has 2 rings (SSSR count). The van der Waals surface area contributed by atoms with Crippen LogP contribution in [0.15, 0.2) is 12.1 Å². The number of pyridine rings is 1. The molecule has 8 heteroatoms. The number of nitrogens with one attached hydrogen (secondary N) is 1. The molecule has 0 saturated heterocycles. The number of carbonyl (C=O) groups is 1. The zero-order valence-electron chi connectivity index (χ0n) is 11.5. The van der Waals surface area contributed by atoms with E-state index in [1.54, 1.807) is 0 Å². The molecular formula is C13H18N4O4. The van der Waals surface area contributed by atoms with Gasteiger partial charge in [-0.15, -0.1) is 0 Å². The second-order valence-corrected chi connectivity index (χ2v) is 5.36. The molecule has 4 N–H and O–H groups in total. The Labute approximate surface area is 121 Å². The first-order valence-electron chi connectivity index (χ1n) is 6.83. The van der Waals surface area contributed by atoms with Crippen molar-refractivity contribution in [2.24, 2.45) is 5.41 Å². The Morgan fingerprint density at radius 2 is 2.10 bits per heavy atom. The normalized spacial score (nSPS) is 17.1. The van der Waals surface area contributed by atoms with E-state index >= 15 is 0 Å². The number of anilines is 2. The molecule has 0 atom stereocenters. The molecule has 1 saturated carbocycles. The van der Waals surface area contributed by atoms with Crippen LogP contribution in [0.4, 0.5) is 17.3 Å². The molecule has 1 aliphatic carbocycles. The van der Waals surface area contributed by atoms with Gasteiger partial charge in [0.15, 0.2) is 0 Å². The van der Waals surface area contributed by atoms with Crippen molar-refractivity contribution < 1.29 is 14.8 Å². The average molecular weight is 294 g/mol. The summed E-state index contributed by atoms with van der Waals surface area (Å²) >= 11 is 0. The monoisotopic (exact) mass is 294 g/mol. The van der Waals surface area contributed by atoms with Crippen molar-refractivity contribution in [3.05, 3.63) is 22.2 Å². The van der Waals surface area contributed by atoms with Crippen molar-refractivity contribution in [3.8, 4) is 0 Å². The fourth-order valence-corrected chi connectivity index (χ4v) is 2.67. The van der Waals surface area contributed by atoms with Gasteiger partial charge in [-0.25, -0.2) is 4.98 Å². The third kappa shape index (κ3) is 3.21. The number of nitro groups is 1. The van der Waals surface area contributed by atoms with E-state index in [2.05, 4.69) is 10.3 Å². The van der Waals surface area contributed by atoms with Crippen LogP contribution in [0.1, 0.15) is 32.1 Å². The van der Waals surface area contributed by atoms with Crippen LogP contribution in [0.3, 0.4) is 0 Å². The molecule has 1 fully saturated rings. The van der Waals surface area contributed by atoms with Crippen LogP contribution >= 0.6 is 0 Å². The summed E-state index contributed by atoms with van der Waals surface area (Å²) in [7, 11) is 0. The molecule has 0 unspecified atom stereocenters. The lowest BCUT2D eigenvalue weighted by molar-refractivity contribution is -0.384. The number of carboxylic acids is 1. The van der Waals surface area contributed by atoms with Gasteiger partial charge in [0, 0.05) is 12.6 Å². The Balaban J connectivity index is 2.09. The summed E-state index contributed by atoms with van der Waals surface area (Å²) in [5.41, 5.74) is 4.46. The minimum absolute atomic E-state index is 0.182. The first-order chi connectivity index (χ1) is 9.94. The molecule has 8 nitrogen and oxygen atoms in total. The summed E-state index contributed by atoms with van der Waals surface area (Å²) in [6.07, 6.45) is 4.08. The lowest BCUT2D eigenvalue weighted by atomic mass is 9.74. The SMILES string of the molecule is Nc1nc(NCC2(C(=O)O)CCCCC2)ccc1[N+](=O)[O-]. The topological polar surface area (TPSA) is 131 Å². The highest BCUT2D eigenvalue weighted by atomic mass is 16.6. The molecule has 0 aromatic carbocycles. The highest BCUT2D eigenvalue weighted by Gasteiger charge is 2.39. The maximum Gasteiger partial charge on any atom is 0.311 e. The highest BCUT2D eigenvalue weighted by Crippen LogP contribution is 2.36. The summed E-state index contributed by atoms with van der Waals surface area (Å²) in [5, 5.41) is 23.1. The molecule has 1 heterocycles. The van der Waals surface area contributed by atoms with Crippen LogP contribution in [-0.4, -0.2) is 27.5 Å². The van der Waals surface area contributed by atoms with Crippen molar-refractivity contribution in [1.82, 2.24) is 4.98 Å². The second-order valence-electron chi connectivity index (χ2n) is 5.36. The summed E-state index contributed by atoms with van der Waals surface area (Å²) in [5.74, 6) is -0.646. The summed E-state index contributed by atoms with van der Waals surface area (Å²) in [4.78, 5) is 25.5. The number of nitrogens with two attached hydrogens (primary N) is 1. The molecule has 114 valence electrons. The number of aliphatic carboxylic acids is 1. The minimum atomic E-state index is -0.815. The Hall–Kier alpha value is -2.38. The Bertz CT molecular complexity index is 555. The highest BCUT2D eigenvalue weighted by molar-refractivity contribution is 5.75. The Morgan fingerprint density at radius 3 is 2.62 bits per heavy atom. The van der Waals surface area contributed by atoms with Crippen LogP contribution in [0.2, 0.25) is 0 Å². The molecule has 0 amide bonds. The van der Waals surface area contributed by atoms with Crippen molar-refractivity contribution in [2.45, 2.75) is 32.1 Å². The lowest BCUT2D eigenvalue weighted by Gasteiger charge is -2.33.